The van der Waals surface area contributed by atoms with Crippen LogP contribution in [0.2, 0.25) is 0 Å². The summed E-state index contributed by atoms with van der Waals surface area (Å²) in [5.74, 6) is 2.41. The second kappa shape index (κ2) is 9.58. The SMILES string of the molecule is COc1cnc2nccc(N3CCC(CCNCc4ccc5c(n4)NC(=O)CO5)CC3)c2c1. The molecular formula is C24H28N6O3. The molecule has 0 radical (unpaired) electrons. The Labute approximate surface area is 192 Å². The molecule has 1 fully saturated rings. The highest BCUT2D eigenvalue weighted by atomic mass is 16.5. The molecule has 0 unspecified atom stereocenters. The molecule has 0 spiro atoms. The van der Waals surface area contributed by atoms with Crippen LogP contribution >= 0.6 is 0 Å². The van der Waals surface area contributed by atoms with Crippen molar-refractivity contribution in [2.75, 3.05) is 43.6 Å². The quantitative estimate of drug-likeness (QED) is 0.532. The van der Waals surface area contributed by atoms with Crippen LogP contribution in [0.25, 0.3) is 11.0 Å². The summed E-state index contributed by atoms with van der Waals surface area (Å²) in [5, 5.41) is 7.28. The van der Waals surface area contributed by atoms with Gasteiger partial charge < -0.3 is 25.0 Å². The first-order valence-electron chi connectivity index (χ1n) is 11.4. The zero-order chi connectivity index (χ0) is 22.6. The first-order valence-corrected chi connectivity index (χ1v) is 11.4. The second-order valence-electron chi connectivity index (χ2n) is 8.46. The van der Waals surface area contributed by atoms with Crippen molar-refractivity contribution in [1.29, 1.82) is 0 Å². The van der Waals surface area contributed by atoms with Crippen molar-refractivity contribution in [2.45, 2.75) is 25.8 Å². The van der Waals surface area contributed by atoms with E-state index < -0.39 is 0 Å². The average Bonchev–Trinajstić information content (AvgIpc) is 2.86. The largest absolute Gasteiger partial charge is 0.495 e. The summed E-state index contributed by atoms with van der Waals surface area (Å²) in [6.07, 6.45) is 6.99. The van der Waals surface area contributed by atoms with Gasteiger partial charge in [0.1, 0.15) is 5.75 Å². The first kappa shape index (κ1) is 21.4. The maximum atomic E-state index is 11.5. The van der Waals surface area contributed by atoms with Crippen LogP contribution in [0.4, 0.5) is 11.5 Å². The fraction of sp³-hybridized carbons (Fsp3) is 0.417. The molecule has 3 aromatic rings. The Morgan fingerprint density at radius 2 is 2.12 bits per heavy atom. The van der Waals surface area contributed by atoms with Crippen LogP contribution in [0.1, 0.15) is 25.0 Å². The van der Waals surface area contributed by atoms with Gasteiger partial charge in [-0.2, -0.15) is 0 Å². The van der Waals surface area contributed by atoms with Gasteiger partial charge in [0.2, 0.25) is 0 Å². The summed E-state index contributed by atoms with van der Waals surface area (Å²) in [6.45, 7) is 3.69. The lowest BCUT2D eigenvalue weighted by Crippen LogP contribution is -2.34. The van der Waals surface area contributed by atoms with Crippen molar-refractivity contribution in [3.8, 4) is 11.5 Å². The number of pyridine rings is 3. The molecule has 2 N–H and O–H groups in total. The molecule has 2 aliphatic rings. The molecule has 0 saturated carbocycles. The van der Waals surface area contributed by atoms with E-state index in [1.807, 2.05) is 24.4 Å². The van der Waals surface area contributed by atoms with E-state index in [-0.39, 0.29) is 12.5 Å². The van der Waals surface area contributed by atoms with E-state index in [2.05, 4.69) is 36.6 Å². The number of amides is 1. The summed E-state index contributed by atoms with van der Waals surface area (Å²) in [6, 6.07) is 7.89. The normalized spacial score (nSPS) is 16.3. The Bertz CT molecular complexity index is 1150. The maximum absolute atomic E-state index is 11.5. The molecule has 0 bridgehead atoms. The molecule has 5 heterocycles. The van der Waals surface area contributed by atoms with Crippen molar-refractivity contribution in [2.24, 2.45) is 5.92 Å². The number of methoxy groups -OCH3 is 1. The third kappa shape index (κ3) is 4.83. The lowest BCUT2D eigenvalue weighted by molar-refractivity contribution is -0.118. The van der Waals surface area contributed by atoms with Gasteiger partial charge in [0, 0.05) is 36.9 Å². The number of aromatic nitrogens is 3. The van der Waals surface area contributed by atoms with E-state index in [1.165, 1.54) is 5.69 Å². The van der Waals surface area contributed by atoms with Crippen molar-refractivity contribution < 1.29 is 14.3 Å². The maximum Gasteiger partial charge on any atom is 0.263 e. The summed E-state index contributed by atoms with van der Waals surface area (Å²) < 4.78 is 10.7. The van der Waals surface area contributed by atoms with E-state index in [0.717, 1.165) is 61.4 Å². The van der Waals surface area contributed by atoms with Crippen LogP contribution in [0, 0.1) is 5.92 Å². The molecule has 0 aliphatic carbocycles. The average molecular weight is 449 g/mol. The number of nitrogens with zero attached hydrogens (tertiary/aromatic N) is 4. The topological polar surface area (TPSA) is 102 Å². The zero-order valence-electron chi connectivity index (χ0n) is 18.7. The molecular weight excluding hydrogens is 420 g/mol. The highest BCUT2D eigenvalue weighted by Crippen LogP contribution is 2.31. The zero-order valence-corrected chi connectivity index (χ0v) is 18.7. The highest BCUT2D eigenvalue weighted by molar-refractivity contribution is 5.94. The number of ether oxygens (including phenoxy) is 2. The number of hydrogen-bond acceptors (Lipinski definition) is 8. The van der Waals surface area contributed by atoms with Crippen LogP contribution in [0.15, 0.2) is 36.7 Å². The minimum Gasteiger partial charge on any atom is -0.495 e. The van der Waals surface area contributed by atoms with Crippen LogP contribution in [-0.4, -0.2) is 54.2 Å². The standard InChI is InChI=1S/C24H28N6O3/c1-32-18-12-19-20(5-9-26-23(19)27-14-18)30-10-6-16(7-11-30)4-8-25-13-17-2-3-21-24(28-17)29-22(31)15-33-21/h2-3,5,9,12,14,16,25H,4,6-8,10-11,13,15H2,1H3,(H,28,29,31). The number of rotatable bonds is 7. The number of carbonyl (C=O) groups is 1. The third-order valence-corrected chi connectivity index (χ3v) is 6.31. The fourth-order valence-electron chi connectivity index (χ4n) is 4.47. The predicted molar refractivity (Wildman–Crippen MR) is 126 cm³/mol. The molecule has 0 aromatic carbocycles. The van der Waals surface area contributed by atoms with Gasteiger partial charge in [0.15, 0.2) is 23.8 Å². The van der Waals surface area contributed by atoms with Crippen LogP contribution < -0.4 is 25.0 Å². The van der Waals surface area contributed by atoms with E-state index in [4.69, 9.17) is 9.47 Å². The van der Waals surface area contributed by atoms with Gasteiger partial charge in [-0.3, -0.25) is 4.79 Å². The summed E-state index contributed by atoms with van der Waals surface area (Å²) in [4.78, 5) is 27.2. The lowest BCUT2D eigenvalue weighted by Gasteiger charge is -2.34. The van der Waals surface area contributed by atoms with E-state index in [9.17, 15) is 4.79 Å². The number of anilines is 2. The highest BCUT2D eigenvalue weighted by Gasteiger charge is 2.21. The smallest absolute Gasteiger partial charge is 0.263 e. The van der Waals surface area contributed by atoms with Crippen molar-refractivity contribution >= 4 is 28.4 Å². The van der Waals surface area contributed by atoms with Crippen molar-refractivity contribution in [3.05, 3.63) is 42.4 Å². The molecule has 33 heavy (non-hydrogen) atoms. The van der Waals surface area contributed by atoms with E-state index >= 15 is 0 Å². The number of carbonyl (C=O) groups excluding carboxylic acids is 1. The monoisotopic (exact) mass is 448 g/mol. The Balaban J connectivity index is 1.11. The summed E-state index contributed by atoms with van der Waals surface area (Å²) in [7, 11) is 1.66. The van der Waals surface area contributed by atoms with Crippen LogP contribution in [0.3, 0.4) is 0 Å². The third-order valence-electron chi connectivity index (χ3n) is 6.31. The fourth-order valence-corrected chi connectivity index (χ4v) is 4.47. The number of fused-ring (bicyclic) bond motifs is 2. The van der Waals surface area contributed by atoms with E-state index in [1.54, 1.807) is 13.3 Å². The Kier molecular flexibility index (Phi) is 6.21. The molecule has 2 aliphatic heterocycles. The van der Waals surface area contributed by atoms with Gasteiger partial charge in [-0.25, -0.2) is 15.0 Å². The molecule has 1 saturated heterocycles. The Hall–Kier alpha value is -3.46. The van der Waals surface area contributed by atoms with E-state index in [0.29, 0.717) is 24.0 Å². The minimum atomic E-state index is -0.165. The van der Waals surface area contributed by atoms with Gasteiger partial charge in [-0.15, -0.1) is 0 Å². The number of nitrogens with one attached hydrogen (secondary N) is 2. The number of hydrogen-bond donors (Lipinski definition) is 2. The van der Waals surface area contributed by atoms with Gasteiger partial charge in [-0.1, -0.05) is 0 Å². The Morgan fingerprint density at radius 3 is 2.97 bits per heavy atom. The molecule has 5 rings (SSSR count). The van der Waals surface area contributed by atoms with Gasteiger partial charge in [0.25, 0.3) is 5.91 Å². The molecule has 0 atom stereocenters. The lowest BCUT2D eigenvalue weighted by atomic mass is 9.93. The predicted octanol–water partition coefficient (Wildman–Crippen LogP) is 2.76. The van der Waals surface area contributed by atoms with Gasteiger partial charge in [-0.05, 0) is 56.0 Å². The second-order valence-corrected chi connectivity index (χ2v) is 8.46. The van der Waals surface area contributed by atoms with Gasteiger partial charge in [0.05, 0.1) is 19.0 Å². The van der Waals surface area contributed by atoms with Crippen LogP contribution in [0.5, 0.6) is 11.5 Å². The van der Waals surface area contributed by atoms with Gasteiger partial charge >= 0.3 is 0 Å². The molecule has 9 nitrogen and oxygen atoms in total. The summed E-state index contributed by atoms with van der Waals surface area (Å²) in [5.41, 5.74) is 2.82. The van der Waals surface area contributed by atoms with Crippen molar-refractivity contribution in [1.82, 2.24) is 20.3 Å². The Morgan fingerprint density at radius 1 is 1.24 bits per heavy atom. The first-order chi connectivity index (χ1) is 16.2. The van der Waals surface area contributed by atoms with Crippen LogP contribution in [-0.2, 0) is 11.3 Å². The molecule has 9 heteroatoms. The molecule has 3 aromatic heterocycles. The van der Waals surface area contributed by atoms with Crippen molar-refractivity contribution in [3.63, 3.8) is 0 Å². The minimum absolute atomic E-state index is 0.0492. The molecule has 172 valence electrons. The number of piperidine rings is 1. The summed E-state index contributed by atoms with van der Waals surface area (Å²) >= 11 is 0. The molecule has 1 amide bonds.